The second-order valence-corrected chi connectivity index (χ2v) is 6.72. The fourth-order valence-electron chi connectivity index (χ4n) is 2.43. The number of nitrogens with zero attached hydrogens (tertiary/aromatic N) is 2. The summed E-state index contributed by atoms with van der Waals surface area (Å²) in [7, 11) is 2.18. The molecule has 3 nitrogen and oxygen atoms in total. The number of nitrogens with one attached hydrogen (secondary N) is 1. The molecule has 1 heterocycles. The van der Waals surface area contributed by atoms with Crippen molar-refractivity contribution in [2.24, 2.45) is 0 Å². The van der Waals surface area contributed by atoms with Gasteiger partial charge in [-0.15, -0.1) is 0 Å². The van der Waals surface area contributed by atoms with E-state index in [0.29, 0.717) is 6.04 Å². The highest BCUT2D eigenvalue weighted by atomic mass is 32.1. The summed E-state index contributed by atoms with van der Waals surface area (Å²) in [5.74, 6) is 0. The van der Waals surface area contributed by atoms with Crippen molar-refractivity contribution in [2.75, 3.05) is 18.5 Å². The van der Waals surface area contributed by atoms with Crippen LogP contribution in [0.15, 0.2) is 30.3 Å². The monoisotopic (exact) mass is 301 g/mol. The molecule has 21 heavy (non-hydrogen) atoms. The first kappa shape index (κ1) is 14.5. The van der Waals surface area contributed by atoms with E-state index in [2.05, 4.69) is 54.5 Å². The highest BCUT2D eigenvalue weighted by molar-refractivity contribution is 7.16. The number of benzene rings is 1. The standard InChI is InChI=1S/C17H23N3S/c1-3-11-18-12-15-16(13-7-5-4-6-8-13)19-17(21-15)20(2)14-9-10-14/h4-8,14,18H,3,9-12H2,1-2H3. The van der Waals surface area contributed by atoms with Crippen molar-refractivity contribution in [2.45, 2.75) is 38.8 Å². The smallest absolute Gasteiger partial charge is 0.186 e. The van der Waals surface area contributed by atoms with Gasteiger partial charge < -0.3 is 10.2 Å². The topological polar surface area (TPSA) is 28.2 Å². The van der Waals surface area contributed by atoms with E-state index in [0.717, 1.165) is 30.3 Å². The van der Waals surface area contributed by atoms with Crippen LogP contribution in [0.4, 0.5) is 5.13 Å². The zero-order valence-electron chi connectivity index (χ0n) is 12.8. The van der Waals surface area contributed by atoms with E-state index < -0.39 is 0 Å². The van der Waals surface area contributed by atoms with Crippen LogP contribution >= 0.6 is 11.3 Å². The minimum atomic E-state index is 0.705. The summed E-state index contributed by atoms with van der Waals surface area (Å²) in [6.45, 7) is 4.16. The van der Waals surface area contributed by atoms with Crippen LogP contribution < -0.4 is 10.2 Å². The molecule has 1 aromatic carbocycles. The second kappa shape index (κ2) is 6.58. The molecule has 0 unspecified atom stereocenters. The molecule has 0 saturated heterocycles. The predicted molar refractivity (Wildman–Crippen MR) is 91.0 cm³/mol. The quantitative estimate of drug-likeness (QED) is 0.786. The minimum Gasteiger partial charge on any atom is -0.348 e. The van der Waals surface area contributed by atoms with E-state index in [1.54, 1.807) is 0 Å². The highest BCUT2D eigenvalue weighted by Gasteiger charge is 2.29. The van der Waals surface area contributed by atoms with Crippen LogP contribution in [0.25, 0.3) is 11.3 Å². The van der Waals surface area contributed by atoms with E-state index in [4.69, 9.17) is 4.98 Å². The number of rotatable bonds is 7. The fourth-order valence-corrected chi connectivity index (χ4v) is 3.51. The Hall–Kier alpha value is -1.39. The van der Waals surface area contributed by atoms with Gasteiger partial charge in [0.2, 0.25) is 0 Å². The van der Waals surface area contributed by atoms with Crippen LogP contribution in [0.5, 0.6) is 0 Å². The number of hydrogen-bond acceptors (Lipinski definition) is 4. The fraction of sp³-hybridized carbons (Fsp3) is 0.471. The lowest BCUT2D eigenvalue weighted by Crippen LogP contribution is -2.18. The molecule has 1 N–H and O–H groups in total. The van der Waals surface area contributed by atoms with Gasteiger partial charge in [0.15, 0.2) is 5.13 Å². The maximum absolute atomic E-state index is 4.92. The van der Waals surface area contributed by atoms with Gasteiger partial charge >= 0.3 is 0 Å². The van der Waals surface area contributed by atoms with Gasteiger partial charge in [-0.05, 0) is 25.8 Å². The lowest BCUT2D eigenvalue weighted by atomic mass is 10.1. The summed E-state index contributed by atoms with van der Waals surface area (Å²) in [6, 6.07) is 11.2. The lowest BCUT2D eigenvalue weighted by molar-refractivity contribution is 0.681. The Morgan fingerprint density at radius 3 is 2.71 bits per heavy atom. The number of anilines is 1. The van der Waals surface area contributed by atoms with Crippen molar-refractivity contribution in [1.29, 1.82) is 0 Å². The molecular weight excluding hydrogens is 278 g/mol. The molecule has 4 heteroatoms. The van der Waals surface area contributed by atoms with E-state index in [1.165, 1.54) is 23.3 Å². The van der Waals surface area contributed by atoms with E-state index in [1.807, 2.05) is 11.3 Å². The molecule has 0 aliphatic heterocycles. The van der Waals surface area contributed by atoms with Crippen LogP contribution in [-0.4, -0.2) is 24.6 Å². The molecule has 1 aliphatic carbocycles. The molecule has 0 radical (unpaired) electrons. The zero-order valence-corrected chi connectivity index (χ0v) is 13.6. The van der Waals surface area contributed by atoms with Crippen LogP contribution in [0.3, 0.4) is 0 Å². The normalized spacial score (nSPS) is 14.4. The molecule has 1 aliphatic rings. The number of aromatic nitrogens is 1. The summed E-state index contributed by atoms with van der Waals surface area (Å²) in [5, 5.41) is 4.67. The van der Waals surface area contributed by atoms with Gasteiger partial charge in [-0.2, -0.15) is 0 Å². The van der Waals surface area contributed by atoms with Gasteiger partial charge in [0, 0.05) is 30.1 Å². The predicted octanol–water partition coefficient (Wildman–Crippen LogP) is 3.91. The van der Waals surface area contributed by atoms with Crippen molar-refractivity contribution in [3.63, 3.8) is 0 Å². The van der Waals surface area contributed by atoms with Gasteiger partial charge in [-0.3, -0.25) is 0 Å². The van der Waals surface area contributed by atoms with Crippen LogP contribution in [0.1, 0.15) is 31.1 Å². The van der Waals surface area contributed by atoms with Crippen molar-refractivity contribution >= 4 is 16.5 Å². The third kappa shape index (κ3) is 3.44. The molecule has 0 amide bonds. The van der Waals surface area contributed by atoms with Crippen molar-refractivity contribution in [1.82, 2.24) is 10.3 Å². The maximum atomic E-state index is 4.92. The lowest BCUT2D eigenvalue weighted by Gasteiger charge is -2.13. The molecular formula is C17H23N3S. The Bertz CT molecular complexity index is 575. The number of hydrogen-bond donors (Lipinski definition) is 1. The Morgan fingerprint density at radius 2 is 2.05 bits per heavy atom. The molecule has 112 valence electrons. The Balaban J connectivity index is 1.87. The van der Waals surface area contributed by atoms with Gasteiger partial charge in [-0.25, -0.2) is 4.98 Å². The van der Waals surface area contributed by atoms with Gasteiger partial charge in [0.05, 0.1) is 5.69 Å². The molecule has 0 bridgehead atoms. The average molecular weight is 301 g/mol. The summed E-state index contributed by atoms with van der Waals surface area (Å²) in [5.41, 5.74) is 2.36. The first-order valence-corrected chi connectivity index (χ1v) is 8.60. The Kier molecular flexibility index (Phi) is 4.56. The third-order valence-corrected chi connectivity index (χ3v) is 4.99. The Labute approximate surface area is 131 Å². The first-order chi connectivity index (χ1) is 10.3. The third-order valence-electron chi connectivity index (χ3n) is 3.84. The molecule has 0 atom stereocenters. The molecule has 2 aromatic rings. The summed E-state index contributed by atoms with van der Waals surface area (Å²) in [4.78, 5) is 8.62. The Morgan fingerprint density at radius 1 is 1.29 bits per heavy atom. The average Bonchev–Trinajstić information content (AvgIpc) is 3.28. The molecule has 1 aromatic heterocycles. The SMILES string of the molecule is CCCNCc1sc(N(C)C2CC2)nc1-c1ccccc1. The van der Waals surface area contributed by atoms with Crippen LogP contribution in [-0.2, 0) is 6.54 Å². The summed E-state index contributed by atoms with van der Waals surface area (Å²) < 4.78 is 0. The molecule has 1 saturated carbocycles. The van der Waals surface area contributed by atoms with Crippen molar-refractivity contribution < 1.29 is 0 Å². The first-order valence-electron chi connectivity index (χ1n) is 7.78. The van der Waals surface area contributed by atoms with Gasteiger partial charge in [0.25, 0.3) is 0 Å². The van der Waals surface area contributed by atoms with Gasteiger partial charge in [-0.1, -0.05) is 48.6 Å². The van der Waals surface area contributed by atoms with Crippen molar-refractivity contribution in [3.8, 4) is 11.3 Å². The summed E-state index contributed by atoms with van der Waals surface area (Å²) >= 11 is 1.83. The second-order valence-electron chi connectivity index (χ2n) is 5.65. The molecule has 1 fully saturated rings. The summed E-state index contributed by atoms with van der Waals surface area (Å²) in [6.07, 6.45) is 3.77. The largest absolute Gasteiger partial charge is 0.348 e. The van der Waals surface area contributed by atoms with E-state index in [-0.39, 0.29) is 0 Å². The van der Waals surface area contributed by atoms with Crippen LogP contribution in [0, 0.1) is 0 Å². The van der Waals surface area contributed by atoms with Gasteiger partial charge in [0.1, 0.15) is 0 Å². The maximum Gasteiger partial charge on any atom is 0.186 e. The minimum absolute atomic E-state index is 0.705. The highest BCUT2D eigenvalue weighted by Crippen LogP contribution is 2.37. The van der Waals surface area contributed by atoms with Crippen LogP contribution in [0.2, 0.25) is 0 Å². The van der Waals surface area contributed by atoms with E-state index in [9.17, 15) is 0 Å². The van der Waals surface area contributed by atoms with E-state index >= 15 is 0 Å². The molecule has 0 spiro atoms. The zero-order chi connectivity index (χ0) is 14.7. The number of thiazole rings is 1. The van der Waals surface area contributed by atoms with Crippen molar-refractivity contribution in [3.05, 3.63) is 35.2 Å². The molecule has 3 rings (SSSR count).